The van der Waals surface area contributed by atoms with Gasteiger partial charge in [0, 0.05) is 17.1 Å². The van der Waals surface area contributed by atoms with Crippen LogP contribution < -0.4 is 0 Å². The van der Waals surface area contributed by atoms with E-state index in [1.54, 1.807) is 18.2 Å². The van der Waals surface area contributed by atoms with Gasteiger partial charge in [0.05, 0.1) is 0 Å². The van der Waals surface area contributed by atoms with Gasteiger partial charge in [0.1, 0.15) is 11.5 Å². The number of benzene rings is 1. The van der Waals surface area contributed by atoms with E-state index in [-0.39, 0.29) is 22.8 Å². The van der Waals surface area contributed by atoms with Gasteiger partial charge < -0.3 is 15.3 Å². The van der Waals surface area contributed by atoms with Gasteiger partial charge in [-0.2, -0.15) is 0 Å². The molecule has 0 unspecified atom stereocenters. The third-order valence-corrected chi connectivity index (χ3v) is 6.35. The highest BCUT2D eigenvalue weighted by Crippen LogP contribution is 2.47. The Labute approximate surface area is 175 Å². The van der Waals surface area contributed by atoms with Crippen molar-refractivity contribution in [3.8, 4) is 11.5 Å². The minimum atomic E-state index is -0.945. The van der Waals surface area contributed by atoms with Crippen LogP contribution in [0, 0.1) is 5.92 Å². The van der Waals surface area contributed by atoms with Gasteiger partial charge in [-0.3, -0.25) is 0 Å². The molecule has 4 heteroatoms. The van der Waals surface area contributed by atoms with Crippen LogP contribution >= 0.6 is 0 Å². The Morgan fingerprint density at radius 1 is 1.17 bits per heavy atom. The van der Waals surface area contributed by atoms with E-state index in [1.165, 1.54) is 19.3 Å². The molecule has 1 aliphatic carbocycles. The monoisotopic (exact) mass is 400 g/mol. The number of aromatic hydroxyl groups is 2. The van der Waals surface area contributed by atoms with Crippen molar-refractivity contribution < 1.29 is 20.1 Å². The second-order valence-electron chi connectivity index (χ2n) is 9.14. The van der Waals surface area contributed by atoms with Crippen LogP contribution in [0.15, 0.2) is 35.9 Å². The molecule has 2 rings (SSSR count). The van der Waals surface area contributed by atoms with Crippen LogP contribution in [0.5, 0.6) is 11.5 Å². The largest absolute Gasteiger partial charge is 0.507 e. The van der Waals surface area contributed by atoms with E-state index in [9.17, 15) is 20.1 Å². The van der Waals surface area contributed by atoms with Crippen LogP contribution in [0.25, 0.3) is 0 Å². The molecule has 3 N–H and O–H groups in total. The number of hydrogen-bond donors (Lipinski definition) is 3. The zero-order chi connectivity index (χ0) is 21.8. The Bertz CT molecular complexity index is 765. The standard InChI is InChI=1S/C25H36O4/c1-6-7-8-9-12-25(4,5)18-14-21(26)23(22(27)15-18)20-13-17(24(28)29)10-11-19(20)16(2)3/h13-15,19-20,26-27H,2,6-12H2,1,3-5H3,(H,28,29)/t19-,20+/m0/s1. The lowest BCUT2D eigenvalue weighted by atomic mass is 9.72. The predicted octanol–water partition coefficient (Wildman–Crippen LogP) is 6.43. The lowest BCUT2D eigenvalue weighted by molar-refractivity contribution is -0.133. The fraction of sp³-hybridized carbons (Fsp3) is 0.560. The van der Waals surface area contributed by atoms with Gasteiger partial charge in [0.25, 0.3) is 0 Å². The summed E-state index contributed by atoms with van der Waals surface area (Å²) in [5.41, 5.74) is 2.39. The molecule has 0 heterocycles. The number of aliphatic carboxylic acids is 1. The molecule has 0 saturated carbocycles. The summed E-state index contributed by atoms with van der Waals surface area (Å²) in [5, 5.41) is 31.1. The number of carbonyl (C=O) groups is 1. The van der Waals surface area contributed by atoms with Crippen molar-refractivity contribution in [2.24, 2.45) is 5.92 Å². The Hall–Kier alpha value is -2.23. The maximum Gasteiger partial charge on any atom is 0.331 e. The van der Waals surface area contributed by atoms with Gasteiger partial charge in [0.15, 0.2) is 0 Å². The smallest absolute Gasteiger partial charge is 0.331 e. The zero-order valence-electron chi connectivity index (χ0n) is 18.3. The van der Waals surface area contributed by atoms with E-state index < -0.39 is 11.9 Å². The van der Waals surface area contributed by atoms with Crippen LogP contribution in [0.2, 0.25) is 0 Å². The number of rotatable bonds is 9. The van der Waals surface area contributed by atoms with Gasteiger partial charge in [0.2, 0.25) is 0 Å². The highest BCUT2D eigenvalue weighted by Gasteiger charge is 2.33. The van der Waals surface area contributed by atoms with E-state index in [0.29, 0.717) is 24.0 Å². The molecule has 0 aromatic heterocycles. The third kappa shape index (κ3) is 5.43. The molecule has 1 aromatic carbocycles. The molecule has 0 saturated heterocycles. The molecule has 4 nitrogen and oxygen atoms in total. The molecule has 1 aliphatic rings. The van der Waals surface area contributed by atoms with Gasteiger partial charge in [-0.1, -0.05) is 64.7 Å². The maximum absolute atomic E-state index is 11.5. The summed E-state index contributed by atoms with van der Waals surface area (Å²) in [5.74, 6) is -1.29. The summed E-state index contributed by atoms with van der Waals surface area (Å²) in [6.07, 6.45) is 8.45. The Balaban J connectivity index is 2.40. The normalized spacial score (nSPS) is 19.7. The average Bonchev–Trinajstić information content (AvgIpc) is 2.64. The molecule has 2 atom stereocenters. The van der Waals surface area contributed by atoms with Crippen molar-refractivity contribution in [3.63, 3.8) is 0 Å². The van der Waals surface area contributed by atoms with Gasteiger partial charge >= 0.3 is 5.97 Å². The minimum Gasteiger partial charge on any atom is -0.507 e. The van der Waals surface area contributed by atoms with Crippen molar-refractivity contribution in [1.29, 1.82) is 0 Å². The van der Waals surface area contributed by atoms with Crippen LogP contribution in [0.3, 0.4) is 0 Å². The summed E-state index contributed by atoms with van der Waals surface area (Å²) in [6.45, 7) is 12.4. The molecule has 160 valence electrons. The second kappa shape index (κ2) is 9.51. The van der Waals surface area contributed by atoms with Crippen molar-refractivity contribution in [2.75, 3.05) is 0 Å². The number of phenolic OH excluding ortho intramolecular Hbond substituents is 2. The minimum absolute atomic E-state index is 0.0113. The summed E-state index contributed by atoms with van der Waals surface area (Å²) >= 11 is 0. The first kappa shape index (κ1) is 23.1. The van der Waals surface area contributed by atoms with E-state index >= 15 is 0 Å². The van der Waals surface area contributed by atoms with E-state index in [4.69, 9.17) is 0 Å². The Morgan fingerprint density at radius 3 is 2.31 bits per heavy atom. The molecule has 0 amide bonds. The number of allylic oxidation sites excluding steroid dienone is 2. The van der Waals surface area contributed by atoms with Crippen LogP contribution in [-0.2, 0) is 10.2 Å². The fourth-order valence-corrected chi connectivity index (χ4v) is 4.42. The quantitative estimate of drug-likeness (QED) is 0.330. The van der Waals surface area contributed by atoms with Crippen LogP contribution in [-0.4, -0.2) is 21.3 Å². The number of phenols is 2. The molecule has 0 spiro atoms. The first-order valence-corrected chi connectivity index (χ1v) is 10.7. The first-order chi connectivity index (χ1) is 13.6. The molecular weight excluding hydrogens is 364 g/mol. The molecule has 0 fully saturated rings. The molecule has 0 radical (unpaired) electrons. The molecule has 1 aromatic rings. The van der Waals surface area contributed by atoms with Gasteiger partial charge in [-0.25, -0.2) is 4.79 Å². The van der Waals surface area contributed by atoms with Crippen LogP contribution in [0.1, 0.15) is 89.7 Å². The van der Waals surface area contributed by atoms with Crippen molar-refractivity contribution in [3.05, 3.63) is 47.1 Å². The summed E-state index contributed by atoms with van der Waals surface area (Å²) in [7, 11) is 0. The molecule has 29 heavy (non-hydrogen) atoms. The van der Waals surface area contributed by atoms with E-state index in [2.05, 4.69) is 27.4 Å². The molecule has 0 aliphatic heterocycles. The Morgan fingerprint density at radius 2 is 1.79 bits per heavy atom. The van der Waals surface area contributed by atoms with E-state index in [1.807, 2.05) is 6.92 Å². The SMILES string of the molecule is C=C(C)[C@@H]1CCC(C(=O)O)=C[C@H]1c1c(O)cc(C(C)(C)CCCCCC)cc1O. The van der Waals surface area contributed by atoms with Gasteiger partial charge in [-0.05, 0) is 55.2 Å². The maximum atomic E-state index is 11.5. The highest BCUT2D eigenvalue weighted by molar-refractivity contribution is 5.87. The van der Waals surface area contributed by atoms with Gasteiger partial charge in [-0.15, -0.1) is 0 Å². The average molecular weight is 401 g/mol. The Kier molecular flexibility index (Phi) is 7.56. The van der Waals surface area contributed by atoms with Crippen molar-refractivity contribution >= 4 is 5.97 Å². The predicted molar refractivity (Wildman–Crippen MR) is 118 cm³/mol. The summed E-state index contributed by atoms with van der Waals surface area (Å²) in [4.78, 5) is 11.5. The number of hydrogen-bond acceptors (Lipinski definition) is 3. The lowest BCUT2D eigenvalue weighted by Crippen LogP contribution is -2.21. The third-order valence-electron chi connectivity index (χ3n) is 6.35. The number of carboxylic acid groups (broad SMARTS) is 1. The lowest BCUT2D eigenvalue weighted by Gasteiger charge is -2.32. The fourth-order valence-electron chi connectivity index (χ4n) is 4.42. The van der Waals surface area contributed by atoms with Crippen molar-refractivity contribution in [2.45, 2.75) is 84.0 Å². The van der Waals surface area contributed by atoms with E-state index in [0.717, 1.165) is 24.0 Å². The molecule has 0 bridgehead atoms. The number of carboxylic acids is 1. The van der Waals surface area contributed by atoms with Crippen LogP contribution in [0.4, 0.5) is 0 Å². The molecular formula is C25H36O4. The topological polar surface area (TPSA) is 77.8 Å². The summed E-state index contributed by atoms with van der Waals surface area (Å²) < 4.78 is 0. The zero-order valence-corrected chi connectivity index (χ0v) is 18.3. The second-order valence-corrected chi connectivity index (χ2v) is 9.14. The first-order valence-electron chi connectivity index (χ1n) is 10.7. The summed E-state index contributed by atoms with van der Waals surface area (Å²) in [6, 6.07) is 3.49. The van der Waals surface area contributed by atoms with Crippen molar-refractivity contribution in [1.82, 2.24) is 0 Å². The highest BCUT2D eigenvalue weighted by atomic mass is 16.4. The number of unbranched alkanes of at least 4 members (excludes halogenated alkanes) is 3.